The van der Waals surface area contributed by atoms with E-state index >= 15 is 0 Å². The first kappa shape index (κ1) is 13.9. The van der Waals surface area contributed by atoms with Gasteiger partial charge in [0.1, 0.15) is 0 Å². The van der Waals surface area contributed by atoms with Crippen LogP contribution >= 0.6 is 0 Å². The molecule has 3 heteroatoms. The lowest BCUT2D eigenvalue weighted by atomic mass is 10.0. The second kappa shape index (κ2) is 6.38. The molecule has 1 heterocycles. The van der Waals surface area contributed by atoms with E-state index in [0.29, 0.717) is 11.9 Å². The molecule has 3 nitrogen and oxygen atoms in total. The minimum absolute atomic E-state index is 0.377. The van der Waals surface area contributed by atoms with Crippen LogP contribution in [0.3, 0.4) is 0 Å². The zero-order valence-electron chi connectivity index (χ0n) is 10.8. The van der Waals surface area contributed by atoms with Crippen LogP contribution in [0.15, 0.2) is 0 Å². The number of hydrogen-bond acceptors (Lipinski definition) is 3. The minimum Gasteiger partial charge on any atom is -0.368 e. The predicted octanol–water partition coefficient (Wildman–Crippen LogP) is 2.90. The van der Waals surface area contributed by atoms with Crippen molar-refractivity contribution in [2.45, 2.75) is 48.0 Å². The van der Waals surface area contributed by atoms with Gasteiger partial charge in [-0.2, -0.15) is 0 Å². The van der Waals surface area contributed by atoms with Crippen LogP contribution in [0.5, 0.6) is 0 Å². The predicted molar refractivity (Wildman–Crippen MR) is 65.8 cm³/mol. The highest BCUT2D eigenvalue weighted by Crippen LogP contribution is 2.15. The largest absolute Gasteiger partial charge is 0.368 e. The first-order chi connectivity index (χ1) is 7.00. The van der Waals surface area contributed by atoms with E-state index in [0.717, 1.165) is 17.8 Å². The maximum absolute atomic E-state index is 5.54. The van der Waals surface area contributed by atoms with Crippen LogP contribution in [0.4, 0.5) is 5.95 Å². The topological polar surface area (TPSA) is 51.8 Å². The molecular weight excluding hydrogens is 186 g/mol. The Morgan fingerprint density at radius 1 is 1.07 bits per heavy atom. The third-order valence-electron chi connectivity index (χ3n) is 2.05. The Bertz CT molecular complexity index is 283. The Morgan fingerprint density at radius 2 is 1.47 bits per heavy atom. The Labute approximate surface area is 93.1 Å². The molecule has 0 amide bonds. The van der Waals surface area contributed by atoms with E-state index in [1.165, 1.54) is 5.56 Å². The molecule has 1 aromatic rings. The summed E-state index contributed by atoms with van der Waals surface area (Å²) >= 11 is 0. The van der Waals surface area contributed by atoms with E-state index in [1.807, 2.05) is 27.7 Å². The molecule has 15 heavy (non-hydrogen) atoms. The number of anilines is 1. The first-order valence-electron chi connectivity index (χ1n) is 5.60. The molecule has 86 valence electrons. The number of nitrogens with two attached hydrogens (primary N) is 1. The van der Waals surface area contributed by atoms with Crippen molar-refractivity contribution in [3.63, 3.8) is 0 Å². The highest BCUT2D eigenvalue weighted by Gasteiger charge is 2.08. The molecule has 0 saturated heterocycles. The molecule has 0 radical (unpaired) electrons. The van der Waals surface area contributed by atoms with Crippen molar-refractivity contribution in [1.82, 2.24) is 9.97 Å². The van der Waals surface area contributed by atoms with E-state index in [-0.39, 0.29) is 0 Å². The van der Waals surface area contributed by atoms with Crippen LogP contribution < -0.4 is 5.73 Å². The van der Waals surface area contributed by atoms with Crippen molar-refractivity contribution in [2.24, 2.45) is 5.92 Å². The van der Waals surface area contributed by atoms with Gasteiger partial charge in [-0.15, -0.1) is 0 Å². The maximum atomic E-state index is 5.54. The fourth-order valence-corrected chi connectivity index (χ4v) is 1.47. The zero-order valence-corrected chi connectivity index (χ0v) is 10.8. The van der Waals surface area contributed by atoms with Crippen LogP contribution in [0.2, 0.25) is 0 Å². The van der Waals surface area contributed by atoms with Crippen molar-refractivity contribution in [2.75, 3.05) is 5.73 Å². The summed E-state index contributed by atoms with van der Waals surface area (Å²) in [5.74, 6) is 1.01. The van der Waals surface area contributed by atoms with E-state index in [9.17, 15) is 0 Å². The van der Waals surface area contributed by atoms with Crippen molar-refractivity contribution in [1.29, 1.82) is 0 Å². The van der Waals surface area contributed by atoms with Gasteiger partial charge in [-0.1, -0.05) is 27.7 Å². The third-order valence-corrected chi connectivity index (χ3v) is 2.05. The average molecular weight is 209 g/mol. The van der Waals surface area contributed by atoms with E-state index in [1.54, 1.807) is 0 Å². The molecule has 0 saturated carbocycles. The normalized spacial score (nSPS) is 9.80. The van der Waals surface area contributed by atoms with Gasteiger partial charge in [0.15, 0.2) is 0 Å². The third kappa shape index (κ3) is 4.28. The number of nitrogen functional groups attached to an aromatic ring is 1. The molecule has 0 unspecified atom stereocenters. The summed E-state index contributed by atoms with van der Waals surface area (Å²) in [6.45, 7) is 12.4. The molecule has 0 aromatic carbocycles. The maximum Gasteiger partial charge on any atom is 0.220 e. The molecule has 0 aliphatic carbocycles. The summed E-state index contributed by atoms with van der Waals surface area (Å²) in [7, 11) is 0. The monoisotopic (exact) mass is 209 g/mol. The zero-order chi connectivity index (χ0) is 12.0. The van der Waals surface area contributed by atoms with Gasteiger partial charge in [0, 0.05) is 11.4 Å². The molecule has 0 fully saturated rings. The average Bonchev–Trinajstić information content (AvgIpc) is 2.14. The van der Waals surface area contributed by atoms with Crippen molar-refractivity contribution < 1.29 is 0 Å². The lowest BCUT2D eigenvalue weighted by molar-refractivity contribution is 0.637. The van der Waals surface area contributed by atoms with Gasteiger partial charge in [0.05, 0.1) is 0 Å². The Kier molecular flexibility index (Phi) is 5.90. The van der Waals surface area contributed by atoms with Gasteiger partial charge >= 0.3 is 0 Å². The lowest BCUT2D eigenvalue weighted by Crippen LogP contribution is -2.07. The SMILES string of the molecule is CC.Cc1nc(N)nc(C)c1CC(C)C. The minimum atomic E-state index is 0.377. The molecular formula is C12H23N3. The van der Waals surface area contributed by atoms with Crippen molar-refractivity contribution in [3.8, 4) is 0 Å². The van der Waals surface area contributed by atoms with Gasteiger partial charge in [0.25, 0.3) is 0 Å². The fourth-order valence-electron chi connectivity index (χ4n) is 1.47. The molecule has 0 aliphatic rings. The van der Waals surface area contributed by atoms with Gasteiger partial charge in [-0.05, 0) is 31.7 Å². The summed E-state index contributed by atoms with van der Waals surface area (Å²) in [6.07, 6.45) is 1.03. The highest BCUT2D eigenvalue weighted by atomic mass is 15.0. The molecule has 0 atom stereocenters. The summed E-state index contributed by atoms with van der Waals surface area (Å²) < 4.78 is 0. The van der Waals surface area contributed by atoms with Crippen LogP contribution in [-0.2, 0) is 6.42 Å². The van der Waals surface area contributed by atoms with Gasteiger partial charge in [-0.3, -0.25) is 0 Å². The smallest absolute Gasteiger partial charge is 0.220 e. The van der Waals surface area contributed by atoms with E-state index in [2.05, 4.69) is 23.8 Å². The second-order valence-electron chi connectivity index (χ2n) is 3.83. The van der Waals surface area contributed by atoms with Crippen LogP contribution in [-0.4, -0.2) is 9.97 Å². The molecule has 1 aromatic heterocycles. The lowest BCUT2D eigenvalue weighted by Gasteiger charge is -2.10. The molecule has 1 rings (SSSR count). The molecule has 0 spiro atoms. The first-order valence-corrected chi connectivity index (χ1v) is 5.60. The van der Waals surface area contributed by atoms with Crippen molar-refractivity contribution >= 4 is 5.95 Å². The molecule has 0 bridgehead atoms. The second-order valence-corrected chi connectivity index (χ2v) is 3.83. The number of aryl methyl sites for hydroxylation is 2. The standard InChI is InChI=1S/C10H17N3.C2H6/c1-6(2)5-9-7(3)12-10(11)13-8(9)4;1-2/h6H,5H2,1-4H3,(H2,11,12,13);1-2H3. The molecule has 2 N–H and O–H groups in total. The van der Waals surface area contributed by atoms with Gasteiger partial charge in [0.2, 0.25) is 5.95 Å². The van der Waals surface area contributed by atoms with E-state index < -0.39 is 0 Å². The van der Waals surface area contributed by atoms with Crippen LogP contribution in [0.1, 0.15) is 44.6 Å². The Balaban J connectivity index is 0.000000921. The van der Waals surface area contributed by atoms with Gasteiger partial charge < -0.3 is 5.73 Å². The Hall–Kier alpha value is -1.12. The van der Waals surface area contributed by atoms with Crippen molar-refractivity contribution in [3.05, 3.63) is 17.0 Å². The van der Waals surface area contributed by atoms with Crippen LogP contribution in [0.25, 0.3) is 0 Å². The van der Waals surface area contributed by atoms with Gasteiger partial charge in [-0.25, -0.2) is 9.97 Å². The number of rotatable bonds is 2. The summed E-state index contributed by atoms with van der Waals surface area (Å²) in [4.78, 5) is 8.31. The highest BCUT2D eigenvalue weighted by molar-refractivity contribution is 5.30. The van der Waals surface area contributed by atoms with Crippen LogP contribution in [0, 0.1) is 19.8 Å². The van der Waals surface area contributed by atoms with E-state index in [4.69, 9.17) is 5.73 Å². The number of hydrogen-bond donors (Lipinski definition) is 1. The summed E-state index contributed by atoms with van der Waals surface area (Å²) in [6, 6.07) is 0. The molecule has 0 aliphatic heterocycles. The fraction of sp³-hybridized carbons (Fsp3) is 0.667. The summed E-state index contributed by atoms with van der Waals surface area (Å²) in [5, 5.41) is 0. The number of aromatic nitrogens is 2. The summed E-state index contributed by atoms with van der Waals surface area (Å²) in [5.41, 5.74) is 8.80. The Morgan fingerprint density at radius 3 is 1.80 bits per heavy atom. The number of nitrogens with zero attached hydrogens (tertiary/aromatic N) is 2. The quantitative estimate of drug-likeness (QED) is 0.814.